The second-order valence-electron chi connectivity index (χ2n) is 6.66. The van der Waals surface area contributed by atoms with Gasteiger partial charge in [-0.3, -0.25) is 4.99 Å². The Morgan fingerprint density at radius 1 is 1.00 bits per heavy atom. The van der Waals surface area contributed by atoms with Crippen molar-refractivity contribution in [3.8, 4) is 5.75 Å². The maximum absolute atomic E-state index is 5.88. The predicted octanol–water partition coefficient (Wildman–Crippen LogP) is 3.36. The molecule has 0 aliphatic carbocycles. The lowest BCUT2D eigenvalue weighted by Gasteiger charge is -2.24. The van der Waals surface area contributed by atoms with Crippen molar-refractivity contribution in [2.75, 3.05) is 20.7 Å². The molecule has 0 saturated heterocycles. The second-order valence-corrected chi connectivity index (χ2v) is 6.66. The van der Waals surface area contributed by atoms with Gasteiger partial charge in [-0.1, -0.05) is 42.5 Å². The van der Waals surface area contributed by atoms with Crippen LogP contribution < -0.4 is 15.4 Å². The molecule has 5 heteroatoms. The molecular formula is C21H29N3O2. The van der Waals surface area contributed by atoms with Crippen molar-refractivity contribution in [3.05, 3.63) is 65.7 Å². The van der Waals surface area contributed by atoms with Crippen molar-refractivity contribution in [1.82, 2.24) is 10.6 Å². The van der Waals surface area contributed by atoms with Crippen LogP contribution in [0.1, 0.15) is 25.0 Å². The molecule has 0 heterocycles. The monoisotopic (exact) mass is 355 g/mol. The summed E-state index contributed by atoms with van der Waals surface area (Å²) in [6.07, 6.45) is 0. The summed E-state index contributed by atoms with van der Waals surface area (Å²) in [7, 11) is 3.47. The first kappa shape index (κ1) is 19.8. The van der Waals surface area contributed by atoms with Crippen LogP contribution >= 0.6 is 0 Å². The minimum atomic E-state index is -0.247. The Morgan fingerprint density at radius 2 is 1.73 bits per heavy atom. The Hall–Kier alpha value is -2.53. The van der Waals surface area contributed by atoms with Gasteiger partial charge in [0.05, 0.1) is 5.60 Å². The molecule has 2 N–H and O–H groups in total. The number of guanidine groups is 1. The number of aliphatic imine (C=N–C) groups is 1. The standard InChI is InChI=1S/C21H29N3O2/c1-21(2,25-4)16-24-20(22-3)23-14-18-11-8-12-19(13-18)26-15-17-9-6-5-7-10-17/h5-13H,14-16H2,1-4H3,(H2,22,23,24). The highest BCUT2D eigenvalue weighted by Crippen LogP contribution is 2.15. The molecule has 0 unspecified atom stereocenters. The molecule has 0 atom stereocenters. The Bertz CT molecular complexity index is 699. The number of nitrogens with zero attached hydrogens (tertiary/aromatic N) is 1. The molecule has 26 heavy (non-hydrogen) atoms. The number of benzene rings is 2. The first-order valence-corrected chi connectivity index (χ1v) is 8.78. The lowest BCUT2D eigenvalue weighted by molar-refractivity contribution is 0.0268. The lowest BCUT2D eigenvalue weighted by atomic mass is 10.1. The van der Waals surface area contributed by atoms with Crippen LogP contribution in [-0.4, -0.2) is 32.3 Å². The zero-order valence-corrected chi connectivity index (χ0v) is 16.1. The molecule has 0 bridgehead atoms. The molecule has 0 spiro atoms. The highest BCUT2D eigenvalue weighted by atomic mass is 16.5. The molecule has 2 aromatic carbocycles. The summed E-state index contributed by atoms with van der Waals surface area (Å²) in [5, 5.41) is 6.59. The van der Waals surface area contributed by atoms with E-state index < -0.39 is 0 Å². The highest BCUT2D eigenvalue weighted by molar-refractivity contribution is 5.79. The number of hydrogen-bond donors (Lipinski definition) is 2. The molecule has 0 aromatic heterocycles. The summed E-state index contributed by atoms with van der Waals surface area (Å²) < 4.78 is 11.3. The third-order valence-corrected chi connectivity index (χ3v) is 4.06. The van der Waals surface area contributed by atoms with Gasteiger partial charge in [0, 0.05) is 27.2 Å². The van der Waals surface area contributed by atoms with Gasteiger partial charge in [-0.25, -0.2) is 0 Å². The van der Waals surface area contributed by atoms with E-state index in [0.717, 1.165) is 22.8 Å². The fraction of sp³-hybridized carbons (Fsp3) is 0.381. The normalized spacial score (nSPS) is 11.9. The number of ether oxygens (including phenoxy) is 2. The maximum atomic E-state index is 5.88. The molecule has 2 aromatic rings. The summed E-state index contributed by atoms with van der Waals surface area (Å²) in [4.78, 5) is 4.25. The summed E-state index contributed by atoms with van der Waals surface area (Å²) >= 11 is 0. The zero-order valence-electron chi connectivity index (χ0n) is 16.1. The van der Waals surface area contributed by atoms with Gasteiger partial charge < -0.3 is 20.1 Å². The SMILES string of the molecule is CN=C(NCc1cccc(OCc2ccccc2)c1)NCC(C)(C)OC. The van der Waals surface area contributed by atoms with Crippen molar-refractivity contribution >= 4 is 5.96 Å². The first-order valence-electron chi connectivity index (χ1n) is 8.78. The van der Waals surface area contributed by atoms with Gasteiger partial charge in [-0.05, 0) is 37.1 Å². The van der Waals surface area contributed by atoms with Gasteiger partial charge in [0.1, 0.15) is 12.4 Å². The van der Waals surface area contributed by atoms with E-state index in [2.05, 4.69) is 33.8 Å². The molecule has 0 radical (unpaired) electrons. The van der Waals surface area contributed by atoms with Gasteiger partial charge in [0.25, 0.3) is 0 Å². The van der Waals surface area contributed by atoms with Gasteiger partial charge in [-0.2, -0.15) is 0 Å². The smallest absolute Gasteiger partial charge is 0.191 e. The summed E-state index contributed by atoms with van der Waals surface area (Å²) in [5.41, 5.74) is 2.04. The van der Waals surface area contributed by atoms with Crippen molar-refractivity contribution in [1.29, 1.82) is 0 Å². The predicted molar refractivity (Wildman–Crippen MR) is 107 cm³/mol. The van der Waals surface area contributed by atoms with Crippen LogP contribution in [0.15, 0.2) is 59.6 Å². The van der Waals surface area contributed by atoms with Crippen molar-refractivity contribution < 1.29 is 9.47 Å². The fourth-order valence-corrected chi connectivity index (χ4v) is 2.26. The highest BCUT2D eigenvalue weighted by Gasteiger charge is 2.16. The van der Waals surface area contributed by atoms with Crippen LogP contribution in [0.3, 0.4) is 0 Å². The minimum Gasteiger partial charge on any atom is -0.489 e. The van der Waals surface area contributed by atoms with E-state index in [-0.39, 0.29) is 5.60 Å². The van der Waals surface area contributed by atoms with Gasteiger partial charge in [0.15, 0.2) is 5.96 Å². The molecule has 5 nitrogen and oxygen atoms in total. The molecule has 140 valence electrons. The Morgan fingerprint density at radius 3 is 2.42 bits per heavy atom. The molecular weight excluding hydrogens is 326 g/mol. The van der Waals surface area contributed by atoms with E-state index >= 15 is 0 Å². The van der Waals surface area contributed by atoms with E-state index in [9.17, 15) is 0 Å². The van der Waals surface area contributed by atoms with Crippen LogP contribution in [0.2, 0.25) is 0 Å². The average molecular weight is 355 g/mol. The van der Waals surface area contributed by atoms with Gasteiger partial charge >= 0.3 is 0 Å². The fourth-order valence-electron chi connectivity index (χ4n) is 2.26. The van der Waals surface area contributed by atoms with Crippen molar-refractivity contribution in [2.45, 2.75) is 32.6 Å². The Labute approximate surface area is 156 Å². The number of methoxy groups -OCH3 is 1. The van der Waals surface area contributed by atoms with Crippen LogP contribution in [0.5, 0.6) is 5.75 Å². The maximum Gasteiger partial charge on any atom is 0.191 e. The number of hydrogen-bond acceptors (Lipinski definition) is 3. The van der Waals surface area contributed by atoms with E-state index in [4.69, 9.17) is 9.47 Å². The molecule has 0 aliphatic heterocycles. The molecule has 0 fully saturated rings. The number of nitrogens with one attached hydrogen (secondary N) is 2. The van der Waals surface area contributed by atoms with Crippen LogP contribution in [0.25, 0.3) is 0 Å². The second kappa shape index (κ2) is 9.82. The lowest BCUT2D eigenvalue weighted by Crippen LogP contribution is -2.45. The van der Waals surface area contributed by atoms with E-state index in [0.29, 0.717) is 19.7 Å². The minimum absolute atomic E-state index is 0.247. The summed E-state index contributed by atoms with van der Waals surface area (Å²) in [6.45, 7) is 5.95. The van der Waals surface area contributed by atoms with Crippen LogP contribution in [0.4, 0.5) is 0 Å². The van der Waals surface area contributed by atoms with Gasteiger partial charge in [0.2, 0.25) is 0 Å². The molecule has 0 aliphatic rings. The largest absolute Gasteiger partial charge is 0.489 e. The van der Waals surface area contributed by atoms with E-state index in [1.54, 1.807) is 14.2 Å². The zero-order chi connectivity index (χ0) is 18.8. The van der Waals surface area contributed by atoms with Crippen LogP contribution in [0, 0.1) is 0 Å². The Kier molecular flexibility index (Phi) is 7.48. The quantitative estimate of drug-likeness (QED) is 0.563. The summed E-state index contributed by atoms with van der Waals surface area (Å²) in [5.74, 6) is 1.60. The van der Waals surface area contributed by atoms with Crippen LogP contribution in [-0.2, 0) is 17.9 Å². The van der Waals surface area contributed by atoms with E-state index in [1.807, 2.05) is 50.2 Å². The van der Waals surface area contributed by atoms with Crippen molar-refractivity contribution in [3.63, 3.8) is 0 Å². The third kappa shape index (κ3) is 6.76. The van der Waals surface area contributed by atoms with E-state index in [1.165, 1.54) is 0 Å². The third-order valence-electron chi connectivity index (χ3n) is 4.06. The Balaban J connectivity index is 1.85. The first-order chi connectivity index (χ1) is 12.5. The molecule has 0 saturated carbocycles. The topological polar surface area (TPSA) is 54.9 Å². The summed E-state index contributed by atoms with van der Waals surface area (Å²) in [6, 6.07) is 18.2. The molecule has 0 amide bonds. The van der Waals surface area contributed by atoms with Gasteiger partial charge in [-0.15, -0.1) is 0 Å². The number of rotatable bonds is 8. The molecule has 2 rings (SSSR count). The average Bonchev–Trinajstić information content (AvgIpc) is 2.67. The van der Waals surface area contributed by atoms with Crippen molar-refractivity contribution in [2.24, 2.45) is 4.99 Å².